The average Bonchev–Trinajstić information content (AvgIpc) is 3.63. The zero-order chi connectivity index (χ0) is 31.2. The van der Waals surface area contributed by atoms with Crippen LogP contribution in [-0.2, 0) is 10.0 Å². The highest BCUT2D eigenvalue weighted by Crippen LogP contribution is 2.41. The topological polar surface area (TPSA) is 125 Å². The van der Waals surface area contributed by atoms with Crippen molar-refractivity contribution in [2.45, 2.75) is 25.7 Å². The van der Waals surface area contributed by atoms with Crippen LogP contribution < -0.4 is 10.0 Å². The van der Waals surface area contributed by atoms with Gasteiger partial charge in [-0.1, -0.05) is 6.07 Å². The number of rotatable bonds is 7. The number of nitrogens with zero attached hydrogens (tertiary/aromatic N) is 1. The van der Waals surface area contributed by atoms with Crippen LogP contribution in [0.4, 0.5) is 14.5 Å². The quantitative estimate of drug-likeness (QED) is 0.206. The van der Waals surface area contributed by atoms with Crippen LogP contribution >= 0.6 is 0 Å². The van der Waals surface area contributed by atoms with E-state index in [0.717, 1.165) is 0 Å². The minimum Gasteiger partial charge on any atom is -0.455 e. The van der Waals surface area contributed by atoms with Crippen LogP contribution in [0.25, 0.3) is 33.2 Å². The number of nitrogens with one attached hydrogen (secondary N) is 3. The standard InChI is InChI=1S/C32H30F2N4O5S/c1-3-44(41,42)37-26-16-28-23(29(31(39)35-2)30(43-28)18-9-11-20(33)12-10-18)14-21(26)19-6-5-13-38(17-19)32(40)27-15-22-24(34)7-4-8-25(22)36-27/h4,7-12,14-16,19,36-37H,3,5-6,13,17H2,1-2H3,(H,35,39)/t19-/m0/s1. The van der Waals surface area contributed by atoms with Gasteiger partial charge in [0, 0.05) is 54.0 Å². The minimum atomic E-state index is -3.71. The Kier molecular flexibility index (Phi) is 7.62. The number of amides is 2. The molecule has 0 bridgehead atoms. The predicted octanol–water partition coefficient (Wildman–Crippen LogP) is 6.00. The number of sulfonamides is 1. The number of anilines is 1. The summed E-state index contributed by atoms with van der Waals surface area (Å²) in [5.41, 5.74) is 2.63. The summed E-state index contributed by atoms with van der Waals surface area (Å²) in [5, 5.41) is 3.40. The van der Waals surface area contributed by atoms with E-state index in [9.17, 15) is 26.8 Å². The third-order valence-electron chi connectivity index (χ3n) is 8.06. The molecule has 6 rings (SSSR count). The van der Waals surface area contributed by atoms with Gasteiger partial charge in [-0.25, -0.2) is 17.2 Å². The Morgan fingerprint density at radius 1 is 1.07 bits per heavy atom. The van der Waals surface area contributed by atoms with Crippen molar-refractivity contribution in [3.8, 4) is 11.3 Å². The van der Waals surface area contributed by atoms with Crippen molar-refractivity contribution < 1.29 is 31.2 Å². The fraction of sp³-hybridized carbons (Fsp3) is 0.250. The van der Waals surface area contributed by atoms with E-state index in [1.54, 1.807) is 29.2 Å². The zero-order valence-corrected chi connectivity index (χ0v) is 24.9. The van der Waals surface area contributed by atoms with E-state index < -0.39 is 27.6 Å². The van der Waals surface area contributed by atoms with Crippen molar-refractivity contribution in [1.82, 2.24) is 15.2 Å². The number of furan rings is 1. The van der Waals surface area contributed by atoms with E-state index in [1.807, 2.05) is 0 Å². The molecule has 9 nitrogen and oxygen atoms in total. The molecule has 1 aliphatic rings. The fourth-order valence-corrected chi connectivity index (χ4v) is 6.46. The molecule has 0 unspecified atom stereocenters. The molecule has 3 aromatic carbocycles. The fourth-order valence-electron chi connectivity index (χ4n) is 5.80. The van der Waals surface area contributed by atoms with Crippen LogP contribution in [0.5, 0.6) is 0 Å². The molecule has 228 valence electrons. The van der Waals surface area contributed by atoms with Gasteiger partial charge in [0.25, 0.3) is 11.8 Å². The van der Waals surface area contributed by atoms with E-state index in [-0.39, 0.29) is 52.4 Å². The number of halogens is 2. The van der Waals surface area contributed by atoms with Gasteiger partial charge in [0.2, 0.25) is 10.0 Å². The molecular weight excluding hydrogens is 590 g/mol. The summed E-state index contributed by atoms with van der Waals surface area (Å²) in [6.07, 6.45) is 1.28. The van der Waals surface area contributed by atoms with Crippen LogP contribution in [0.1, 0.15) is 52.1 Å². The van der Waals surface area contributed by atoms with Crippen molar-refractivity contribution in [3.05, 3.63) is 89.1 Å². The number of hydrogen-bond donors (Lipinski definition) is 3. The lowest BCUT2D eigenvalue weighted by Crippen LogP contribution is -2.39. The lowest BCUT2D eigenvalue weighted by atomic mass is 9.88. The zero-order valence-electron chi connectivity index (χ0n) is 24.0. The van der Waals surface area contributed by atoms with E-state index in [4.69, 9.17) is 4.42 Å². The molecule has 5 aromatic rings. The molecule has 1 aliphatic heterocycles. The number of likely N-dealkylation sites (tertiary alicyclic amines) is 1. The van der Waals surface area contributed by atoms with Gasteiger partial charge in [0.05, 0.1) is 17.0 Å². The Balaban J connectivity index is 1.44. The maximum atomic E-state index is 14.3. The third kappa shape index (κ3) is 5.41. The van der Waals surface area contributed by atoms with Gasteiger partial charge in [-0.2, -0.15) is 0 Å². The first-order chi connectivity index (χ1) is 21.1. The van der Waals surface area contributed by atoms with Crippen molar-refractivity contribution in [2.24, 2.45) is 0 Å². The van der Waals surface area contributed by atoms with E-state index in [0.29, 0.717) is 46.8 Å². The maximum absolute atomic E-state index is 14.3. The van der Waals surface area contributed by atoms with Gasteiger partial charge in [0.1, 0.15) is 28.7 Å². The summed E-state index contributed by atoms with van der Waals surface area (Å²) >= 11 is 0. The van der Waals surface area contributed by atoms with Crippen LogP contribution in [-0.4, -0.2) is 56.0 Å². The SMILES string of the molecule is CCS(=O)(=O)Nc1cc2oc(-c3ccc(F)cc3)c(C(=O)NC)c2cc1[C@H]1CCCN(C(=O)c2cc3c(F)cccc3[nH]2)C1. The summed E-state index contributed by atoms with van der Waals surface area (Å²) in [6.45, 7) is 2.25. The first-order valence-corrected chi connectivity index (χ1v) is 15.9. The second kappa shape index (κ2) is 11.4. The monoisotopic (exact) mass is 620 g/mol. The molecule has 44 heavy (non-hydrogen) atoms. The molecule has 1 saturated heterocycles. The maximum Gasteiger partial charge on any atom is 0.270 e. The van der Waals surface area contributed by atoms with Gasteiger partial charge in [-0.15, -0.1) is 0 Å². The summed E-state index contributed by atoms with van der Waals surface area (Å²) in [4.78, 5) is 31.4. The molecule has 1 fully saturated rings. The summed E-state index contributed by atoms with van der Waals surface area (Å²) in [6, 6.07) is 14.9. The Labute approximate surface area is 252 Å². The van der Waals surface area contributed by atoms with Crippen molar-refractivity contribution >= 4 is 49.4 Å². The Morgan fingerprint density at radius 2 is 1.84 bits per heavy atom. The molecule has 3 N–H and O–H groups in total. The number of carbonyl (C=O) groups excluding carboxylic acids is 2. The molecule has 12 heteroatoms. The average molecular weight is 621 g/mol. The minimum absolute atomic E-state index is 0.167. The van der Waals surface area contributed by atoms with E-state index in [2.05, 4.69) is 15.0 Å². The van der Waals surface area contributed by atoms with Crippen LogP contribution in [0.3, 0.4) is 0 Å². The first-order valence-electron chi connectivity index (χ1n) is 14.2. The molecule has 0 spiro atoms. The highest BCUT2D eigenvalue weighted by Gasteiger charge is 2.31. The third-order valence-corrected chi connectivity index (χ3v) is 9.35. The van der Waals surface area contributed by atoms with E-state index in [1.165, 1.54) is 50.4 Å². The molecule has 2 amide bonds. The second-order valence-corrected chi connectivity index (χ2v) is 12.8. The Bertz CT molecular complexity index is 2020. The van der Waals surface area contributed by atoms with Crippen molar-refractivity contribution in [1.29, 1.82) is 0 Å². The molecular formula is C32H30F2N4O5S. The Hall–Kier alpha value is -4.71. The van der Waals surface area contributed by atoms with Gasteiger partial charge in [0.15, 0.2) is 0 Å². The Morgan fingerprint density at radius 3 is 2.55 bits per heavy atom. The molecule has 3 heterocycles. The number of benzene rings is 3. The summed E-state index contributed by atoms with van der Waals surface area (Å²) in [5.74, 6) is -1.85. The number of carbonyl (C=O) groups is 2. The van der Waals surface area contributed by atoms with Crippen molar-refractivity contribution in [2.75, 3.05) is 30.6 Å². The summed E-state index contributed by atoms with van der Waals surface area (Å²) < 4.78 is 62.3. The number of hydrogen-bond acceptors (Lipinski definition) is 5. The normalized spacial score (nSPS) is 15.5. The smallest absolute Gasteiger partial charge is 0.270 e. The number of fused-ring (bicyclic) bond motifs is 2. The lowest BCUT2D eigenvalue weighted by Gasteiger charge is -2.33. The van der Waals surface area contributed by atoms with Crippen LogP contribution in [0, 0.1) is 11.6 Å². The number of aromatic amines is 1. The van der Waals surface area contributed by atoms with Gasteiger partial charge >= 0.3 is 0 Å². The van der Waals surface area contributed by atoms with E-state index >= 15 is 0 Å². The lowest BCUT2D eigenvalue weighted by molar-refractivity contribution is 0.0702. The highest BCUT2D eigenvalue weighted by atomic mass is 32.2. The van der Waals surface area contributed by atoms with Gasteiger partial charge < -0.3 is 19.6 Å². The highest BCUT2D eigenvalue weighted by molar-refractivity contribution is 7.92. The van der Waals surface area contributed by atoms with Gasteiger partial charge in [-0.05, 0) is 73.9 Å². The largest absolute Gasteiger partial charge is 0.455 e. The molecule has 1 atom stereocenters. The van der Waals surface area contributed by atoms with Crippen LogP contribution in [0.15, 0.2) is 65.1 Å². The number of H-pyrrole nitrogens is 1. The van der Waals surface area contributed by atoms with Crippen LogP contribution in [0.2, 0.25) is 0 Å². The predicted molar refractivity (Wildman–Crippen MR) is 164 cm³/mol. The molecule has 0 saturated carbocycles. The first kappa shape index (κ1) is 29.4. The van der Waals surface area contributed by atoms with Crippen molar-refractivity contribution in [3.63, 3.8) is 0 Å². The molecule has 0 radical (unpaired) electrons. The number of piperidine rings is 1. The second-order valence-electron chi connectivity index (χ2n) is 10.8. The molecule has 0 aliphatic carbocycles. The number of aromatic nitrogens is 1. The summed E-state index contributed by atoms with van der Waals surface area (Å²) in [7, 11) is -2.22. The molecule has 2 aromatic heterocycles. The van der Waals surface area contributed by atoms with Gasteiger partial charge in [-0.3, -0.25) is 14.3 Å².